The molecule has 0 unspecified atom stereocenters. The van der Waals surface area contributed by atoms with Crippen molar-refractivity contribution in [3.8, 4) is 0 Å². The Labute approximate surface area is 170 Å². The van der Waals surface area contributed by atoms with E-state index in [1.165, 1.54) is 48.2 Å². The van der Waals surface area contributed by atoms with E-state index >= 15 is 0 Å². The van der Waals surface area contributed by atoms with E-state index < -0.39 is 10.0 Å². The van der Waals surface area contributed by atoms with Crippen LogP contribution in [0.3, 0.4) is 0 Å². The predicted molar refractivity (Wildman–Crippen MR) is 108 cm³/mol. The van der Waals surface area contributed by atoms with Crippen LogP contribution in [0.25, 0.3) is 0 Å². The lowest BCUT2D eigenvalue weighted by Crippen LogP contribution is -2.16. The van der Waals surface area contributed by atoms with Gasteiger partial charge in [-0.3, -0.25) is 9.52 Å². The van der Waals surface area contributed by atoms with E-state index in [0.717, 1.165) is 5.76 Å². The highest BCUT2D eigenvalue weighted by Crippen LogP contribution is 2.18. The van der Waals surface area contributed by atoms with E-state index in [-0.39, 0.29) is 27.5 Å². The monoisotopic (exact) mass is 438 g/mol. The molecule has 0 saturated heterocycles. The lowest BCUT2D eigenvalue weighted by Gasteiger charge is -2.08. The van der Waals surface area contributed by atoms with Crippen molar-refractivity contribution in [2.75, 3.05) is 15.8 Å². The number of benzene rings is 1. The number of thioether (sulfide) groups is 1. The molecule has 2 N–H and O–H groups in total. The Hall–Kier alpha value is -2.56. The molecule has 0 saturated carbocycles. The Morgan fingerprint density at radius 1 is 1.11 bits per heavy atom. The Balaban J connectivity index is 1.54. The number of nitrogens with zero attached hydrogens (tertiary/aromatic N) is 2. The zero-order valence-corrected chi connectivity index (χ0v) is 16.7. The van der Waals surface area contributed by atoms with E-state index in [1.807, 2.05) is 6.07 Å². The number of amides is 1. The first kappa shape index (κ1) is 20.2. The minimum atomic E-state index is -3.83. The first-order chi connectivity index (χ1) is 13.4. The summed E-state index contributed by atoms with van der Waals surface area (Å²) in [5.74, 6) is 1.50. The van der Waals surface area contributed by atoms with Gasteiger partial charge in [-0.25, -0.2) is 8.42 Å². The van der Waals surface area contributed by atoms with E-state index in [4.69, 9.17) is 16.0 Å². The predicted octanol–water partition coefficient (Wildman–Crippen LogP) is 3.40. The third-order valence-electron chi connectivity index (χ3n) is 3.38. The van der Waals surface area contributed by atoms with Crippen molar-refractivity contribution in [1.29, 1.82) is 0 Å². The molecule has 0 aliphatic carbocycles. The van der Waals surface area contributed by atoms with Gasteiger partial charge in [-0.1, -0.05) is 11.6 Å². The zero-order chi connectivity index (χ0) is 20.0. The Morgan fingerprint density at radius 3 is 2.54 bits per heavy atom. The number of hydrogen-bond acceptors (Lipinski definition) is 7. The van der Waals surface area contributed by atoms with Gasteiger partial charge in [0.15, 0.2) is 11.0 Å². The molecule has 0 atom stereocenters. The van der Waals surface area contributed by atoms with Crippen molar-refractivity contribution in [3.05, 3.63) is 65.7 Å². The van der Waals surface area contributed by atoms with Crippen molar-refractivity contribution in [2.24, 2.45) is 0 Å². The molecule has 146 valence electrons. The Morgan fingerprint density at radius 2 is 1.89 bits per heavy atom. The molecule has 1 amide bonds. The molecule has 28 heavy (non-hydrogen) atoms. The molecular weight excluding hydrogens is 424 g/mol. The Kier molecular flexibility index (Phi) is 6.55. The van der Waals surface area contributed by atoms with Gasteiger partial charge in [0, 0.05) is 5.69 Å². The van der Waals surface area contributed by atoms with Crippen molar-refractivity contribution < 1.29 is 17.6 Å². The molecule has 0 bridgehead atoms. The van der Waals surface area contributed by atoms with Crippen molar-refractivity contribution in [2.45, 2.75) is 10.6 Å². The maximum atomic E-state index is 12.4. The molecule has 0 aliphatic heterocycles. The van der Waals surface area contributed by atoms with Gasteiger partial charge in [0.05, 0.1) is 22.7 Å². The summed E-state index contributed by atoms with van der Waals surface area (Å²) in [5, 5.41) is 10.1. The van der Waals surface area contributed by atoms with E-state index in [0.29, 0.717) is 11.4 Å². The summed E-state index contributed by atoms with van der Waals surface area (Å²) >= 11 is 7.04. The van der Waals surface area contributed by atoms with Crippen molar-refractivity contribution in [3.63, 3.8) is 0 Å². The molecule has 11 heteroatoms. The van der Waals surface area contributed by atoms with Crippen LogP contribution in [-0.2, 0) is 20.6 Å². The summed E-state index contributed by atoms with van der Waals surface area (Å²) in [7, 11) is -3.83. The molecule has 0 spiro atoms. The number of carbonyl (C=O) groups excluding carboxylic acids is 1. The van der Waals surface area contributed by atoms with Gasteiger partial charge in [0.2, 0.25) is 5.91 Å². The quantitative estimate of drug-likeness (QED) is 0.553. The minimum Gasteiger partial charge on any atom is -0.468 e. The third kappa shape index (κ3) is 5.72. The van der Waals surface area contributed by atoms with Crippen molar-refractivity contribution in [1.82, 2.24) is 10.2 Å². The number of carbonyl (C=O) groups is 1. The average molecular weight is 439 g/mol. The second-order valence-corrected chi connectivity index (χ2v) is 8.55. The molecule has 0 fully saturated rings. The van der Waals surface area contributed by atoms with Crippen LogP contribution in [0.5, 0.6) is 0 Å². The van der Waals surface area contributed by atoms with Gasteiger partial charge in [0.25, 0.3) is 10.0 Å². The minimum absolute atomic E-state index is 0.0226. The fraction of sp³-hybridized carbons (Fsp3) is 0.118. The molecule has 3 rings (SSSR count). The van der Waals surface area contributed by atoms with Gasteiger partial charge in [-0.2, -0.15) is 0 Å². The third-order valence-corrected chi connectivity index (χ3v) is 5.90. The topological polar surface area (TPSA) is 114 Å². The van der Waals surface area contributed by atoms with Gasteiger partial charge >= 0.3 is 0 Å². The van der Waals surface area contributed by atoms with Crippen LogP contribution in [0.15, 0.2) is 64.1 Å². The van der Waals surface area contributed by atoms with Crippen LogP contribution in [0.2, 0.25) is 5.15 Å². The van der Waals surface area contributed by atoms with E-state index in [1.54, 1.807) is 12.3 Å². The lowest BCUT2D eigenvalue weighted by atomic mass is 10.3. The first-order valence-corrected chi connectivity index (χ1v) is 11.0. The highest BCUT2D eigenvalue weighted by atomic mass is 35.5. The number of hydrogen-bond donors (Lipinski definition) is 2. The first-order valence-electron chi connectivity index (χ1n) is 7.94. The van der Waals surface area contributed by atoms with E-state index in [2.05, 4.69) is 20.2 Å². The second kappa shape index (κ2) is 9.09. The summed E-state index contributed by atoms with van der Waals surface area (Å²) in [5.41, 5.74) is 0.494. The van der Waals surface area contributed by atoms with Crippen molar-refractivity contribution >= 4 is 50.8 Å². The van der Waals surface area contributed by atoms with E-state index in [9.17, 15) is 13.2 Å². The number of sulfonamides is 1. The number of aromatic nitrogens is 2. The molecule has 8 nitrogen and oxygen atoms in total. The summed E-state index contributed by atoms with van der Waals surface area (Å²) < 4.78 is 32.2. The van der Waals surface area contributed by atoms with Gasteiger partial charge in [-0.15, -0.1) is 22.0 Å². The van der Waals surface area contributed by atoms with Crippen LogP contribution in [-0.4, -0.2) is 30.3 Å². The molecular formula is C17H15ClN4O4S2. The molecule has 0 aliphatic rings. The van der Waals surface area contributed by atoms with Crippen LogP contribution < -0.4 is 10.0 Å². The number of furan rings is 1. The molecule has 2 heterocycles. The molecule has 0 radical (unpaired) electrons. The van der Waals surface area contributed by atoms with Crippen LogP contribution >= 0.6 is 23.4 Å². The maximum Gasteiger partial charge on any atom is 0.263 e. The number of nitrogens with one attached hydrogen (secondary N) is 2. The smallest absolute Gasteiger partial charge is 0.263 e. The van der Waals surface area contributed by atoms with Crippen LogP contribution in [0, 0.1) is 0 Å². The highest BCUT2D eigenvalue weighted by molar-refractivity contribution is 7.99. The molecule has 1 aromatic carbocycles. The average Bonchev–Trinajstić information content (AvgIpc) is 3.17. The van der Waals surface area contributed by atoms with Gasteiger partial charge in [0.1, 0.15) is 5.76 Å². The second-order valence-electron chi connectivity index (χ2n) is 5.49. The number of anilines is 2. The SMILES string of the molecule is O=C(CSCc1ccco1)Nc1ccc(S(=O)(=O)Nc2ccc(Cl)nn2)cc1. The lowest BCUT2D eigenvalue weighted by molar-refractivity contribution is -0.113. The Bertz CT molecular complexity index is 1020. The number of rotatable bonds is 8. The summed E-state index contributed by atoms with van der Waals surface area (Å²) in [6, 6.07) is 12.3. The summed E-state index contributed by atoms with van der Waals surface area (Å²) in [4.78, 5) is 12.0. The standard InChI is InChI=1S/C17H15ClN4O4S2/c18-15-7-8-16(21-20-15)22-28(24,25)14-5-3-12(4-6-14)19-17(23)11-27-10-13-2-1-9-26-13/h1-9H,10-11H2,(H,19,23)(H,21,22). The number of halogens is 1. The largest absolute Gasteiger partial charge is 0.468 e. The maximum absolute atomic E-state index is 12.4. The normalized spacial score (nSPS) is 11.2. The fourth-order valence-corrected chi connectivity index (χ4v) is 3.94. The van der Waals surface area contributed by atoms with Gasteiger partial charge in [-0.05, 0) is 48.5 Å². The van der Waals surface area contributed by atoms with Crippen LogP contribution in [0.1, 0.15) is 5.76 Å². The molecule has 2 aromatic heterocycles. The summed E-state index contributed by atoms with van der Waals surface area (Å²) in [6.45, 7) is 0. The zero-order valence-electron chi connectivity index (χ0n) is 14.3. The fourth-order valence-electron chi connectivity index (χ4n) is 2.12. The van der Waals surface area contributed by atoms with Gasteiger partial charge < -0.3 is 9.73 Å². The molecule has 3 aromatic rings. The summed E-state index contributed by atoms with van der Waals surface area (Å²) in [6.07, 6.45) is 1.58. The highest BCUT2D eigenvalue weighted by Gasteiger charge is 2.15. The van der Waals surface area contributed by atoms with Crippen LogP contribution in [0.4, 0.5) is 11.5 Å².